The number of hydrogen-bond acceptors (Lipinski definition) is 11. The number of thioether (sulfide) groups is 1. The number of urea groups is 1. The van der Waals surface area contributed by atoms with Crippen LogP contribution < -0.4 is 21.3 Å². The molecule has 0 aromatic heterocycles. The largest absolute Gasteiger partial charge is 0.394 e. The predicted octanol–water partition coefficient (Wildman–Crippen LogP) is 3.08. The zero-order chi connectivity index (χ0) is 39.8. The lowest BCUT2D eigenvalue weighted by molar-refractivity contribution is -0.302. The number of fused-ring (bicyclic) bond motifs is 1. The Morgan fingerprint density at radius 2 is 1.56 bits per heavy atom. The first-order chi connectivity index (χ1) is 26.6. The van der Waals surface area contributed by atoms with Crippen LogP contribution in [0.2, 0.25) is 0 Å². The molecule has 0 radical (unpaired) electrons. The lowest BCUT2D eigenvalue weighted by Gasteiger charge is -2.40. The molecular weight excluding hydrogens is 729 g/mol. The molecule has 0 saturated carbocycles. The average molecular weight is 799 g/mol. The van der Waals surface area contributed by atoms with E-state index < -0.39 is 49.5 Å². The number of unbranched alkanes of at least 4 members (excludes halogenated alkanes) is 11. The Labute approximate surface area is 332 Å². The van der Waals surface area contributed by atoms with Crippen LogP contribution in [0.3, 0.4) is 0 Å². The number of amides is 4. The summed E-state index contributed by atoms with van der Waals surface area (Å²) in [7, 11) is 0. The van der Waals surface area contributed by atoms with Gasteiger partial charge in [-0.15, -0.1) is 0 Å². The summed E-state index contributed by atoms with van der Waals surface area (Å²) in [5, 5.41) is 63.2. The highest BCUT2D eigenvalue weighted by atomic mass is 32.2. The molecule has 10 unspecified atom stereocenters. The van der Waals surface area contributed by atoms with Gasteiger partial charge in [0.2, 0.25) is 11.8 Å². The molecule has 3 heterocycles. The maximum absolute atomic E-state index is 12.9. The highest BCUT2D eigenvalue weighted by Gasteiger charge is 2.45. The van der Waals surface area contributed by atoms with Crippen LogP contribution in [0, 0.1) is 0 Å². The molecule has 55 heavy (non-hydrogen) atoms. The third-order valence-corrected chi connectivity index (χ3v) is 12.0. The summed E-state index contributed by atoms with van der Waals surface area (Å²) >= 11 is 1.87. The number of hydrogen-bond donors (Lipinski definition) is 9. The van der Waals surface area contributed by atoms with Gasteiger partial charge in [-0.2, -0.15) is 11.8 Å². The van der Waals surface area contributed by atoms with Crippen LogP contribution in [0.5, 0.6) is 0 Å². The van der Waals surface area contributed by atoms with Gasteiger partial charge in [-0.3, -0.25) is 9.59 Å². The summed E-state index contributed by atoms with van der Waals surface area (Å²) in [6, 6.07) is -0.601. The van der Waals surface area contributed by atoms with E-state index in [2.05, 4.69) is 40.3 Å². The second-order valence-electron chi connectivity index (χ2n) is 15.1. The van der Waals surface area contributed by atoms with E-state index in [0.717, 1.165) is 50.7 Å². The van der Waals surface area contributed by atoms with Crippen LogP contribution in [0.4, 0.5) is 4.79 Å². The molecule has 10 atom stereocenters. The molecule has 3 aliphatic heterocycles. The summed E-state index contributed by atoms with van der Waals surface area (Å²) in [5.41, 5.74) is 0. The van der Waals surface area contributed by atoms with Gasteiger partial charge in [0.05, 0.1) is 37.4 Å². The lowest BCUT2D eigenvalue weighted by Crippen LogP contribution is -2.60. The zero-order valence-electron chi connectivity index (χ0n) is 32.8. The molecule has 3 saturated heterocycles. The van der Waals surface area contributed by atoms with Gasteiger partial charge in [0.15, 0.2) is 6.29 Å². The number of aliphatic hydroxyl groups is 5. The smallest absolute Gasteiger partial charge is 0.315 e. The normalized spacial score (nSPS) is 27.6. The Hall–Kier alpha value is -2.24. The maximum Gasteiger partial charge on any atom is 0.315 e. The minimum absolute atomic E-state index is 0.00864. The topological polar surface area (TPSA) is 219 Å². The number of carbonyl (C=O) groups is 3. The quantitative estimate of drug-likeness (QED) is 0.0304. The minimum atomic E-state index is -1.61. The van der Waals surface area contributed by atoms with Crippen molar-refractivity contribution in [3.8, 4) is 0 Å². The summed E-state index contributed by atoms with van der Waals surface area (Å²) in [5.74, 6) is 0.634. The average Bonchev–Trinajstić information content (AvgIpc) is 3.73. The Morgan fingerprint density at radius 1 is 0.873 bits per heavy atom. The van der Waals surface area contributed by atoms with E-state index >= 15 is 0 Å². The fraction of sp³-hybridized carbons (Fsp3) is 0.825. The standard InChI is InChI=1S/C40H70N4O10S/c1-2-3-4-5-6-7-8-9-10-11-12-13-15-20-30(46)28(26-53-39-38(51)37(50)36(49)31(25-45)54-39)42-34(48)23-16-14-19-24-41-33(47)22-18-17-21-32-35-29(27-55-32)43-40(52)44-35/h10-11,15,20,28-32,35-39,45-46,49-51H,2-9,12-14,16-19,21-27H2,1H3,(H,41,47)(H,42,48)(H2,43,44,52). The Balaban J connectivity index is 1.33. The number of allylic oxidation sites excluding steroid dienone is 3. The molecule has 4 amide bonds. The second kappa shape index (κ2) is 27.4. The van der Waals surface area contributed by atoms with Gasteiger partial charge in [-0.1, -0.05) is 82.6 Å². The van der Waals surface area contributed by atoms with Crippen LogP contribution in [0.1, 0.15) is 122 Å². The minimum Gasteiger partial charge on any atom is -0.394 e. The maximum atomic E-state index is 12.9. The van der Waals surface area contributed by atoms with Crippen molar-refractivity contribution in [2.24, 2.45) is 0 Å². The van der Waals surface area contributed by atoms with Crippen LogP contribution in [-0.2, 0) is 19.1 Å². The van der Waals surface area contributed by atoms with Gasteiger partial charge in [-0.05, 0) is 51.4 Å². The molecule has 316 valence electrons. The number of rotatable bonds is 29. The Morgan fingerprint density at radius 3 is 2.35 bits per heavy atom. The zero-order valence-corrected chi connectivity index (χ0v) is 33.6. The fourth-order valence-electron chi connectivity index (χ4n) is 7.10. The number of carbonyl (C=O) groups excluding carboxylic acids is 3. The molecule has 0 aliphatic carbocycles. The molecule has 15 heteroatoms. The van der Waals surface area contributed by atoms with E-state index in [1.165, 1.54) is 44.9 Å². The van der Waals surface area contributed by atoms with E-state index in [0.29, 0.717) is 31.1 Å². The fourth-order valence-corrected chi connectivity index (χ4v) is 8.65. The summed E-state index contributed by atoms with van der Waals surface area (Å²) in [6.45, 7) is 1.88. The summed E-state index contributed by atoms with van der Waals surface area (Å²) < 4.78 is 11.1. The van der Waals surface area contributed by atoms with Crippen molar-refractivity contribution in [1.82, 2.24) is 21.3 Å². The molecule has 14 nitrogen and oxygen atoms in total. The first-order valence-electron chi connectivity index (χ1n) is 20.8. The Bertz CT molecular complexity index is 1160. The van der Waals surface area contributed by atoms with Crippen molar-refractivity contribution < 1.29 is 49.4 Å². The SMILES string of the molecule is CCCCCCCCCC=CCCC=CC(O)C(COC1OC(CO)C(O)C(O)C1O)NC(=O)CCCCCNC(=O)CCCCC1SCC2NC(=O)NC21. The van der Waals surface area contributed by atoms with Crippen molar-refractivity contribution in [3.63, 3.8) is 0 Å². The summed E-state index contributed by atoms with van der Waals surface area (Å²) in [6.07, 6.45) is 16.3. The van der Waals surface area contributed by atoms with Gasteiger partial charge in [0.25, 0.3) is 0 Å². The first-order valence-corrected chi connectivity index (χ1v) is 21.9. The van der Waals surface area contributed by atoms with E-state index in [-0.39, 0.29) is 43.0 Å². The molecule has 0 aromatic rings. The van der Waals surface area contributed by atoms with Gasteiger partial charge >= 0.3 is 6.03 Å². The molecular formula is C40H70N4O10S. The number of aliphatic hydroxyl groups excluding tert-OH is 5. The van der Waals surface area contributed by atoms with E-state index in [9.17, 15) is 39.9 Å². The molecule has 3 rings (SSSR count). The highest BCUT2D eigenvalue weighted by molar-refractivity contribution is 8.00. The van der Waals surface area contributed by atoms with Crippen LogP contribution in [0.15, 0.2) is 24.3 Å². The van der Waals surface area contributed by atoms with Gasteiger partial charge in [0.1, 0.15) is 24.4 Å². The molecule has 0 bridgehead atoms. The monoisotopic (exact) mass is 798 g/mol. The number of ether oxygens (including phenoxy) is 2. The van der Waals surface area contributed by atoms with E-state index in [1.54, 1.807) is 6.08 Å². The van der Waals surface area contributed by atoms with Gasteiger partial charge < -0.3 is 56.3 Å². The van der Waals surface area contributed by atoms with Gasteiger partial charge in [0, 0.05) is 30.4 Å². The van der Waals surface area contributed by atoms with Crippen molar-refractivity contribution in [2.45, 2.75) is 183 Å². The van der Waals surface area contributed by atoms with E-state index in [4.69, 9.17) is 9.47 Å². The third kappa shape index (κ3) is 17.8. The molecule has 0 spiro atoms. The van der Waals surface area contributed by atoms with Crippen molar-refractivity contribution >= 4 is 29.6 Å². The molecule has 0 aromatic carbocycles. The molecule has 3 aliphatic rings. The van der Waals surface area contributed by atoms with E-state index in [1.807, 2.05) is 17.8 Å². The van der Waals surface area contributed by atoms with Crippen molar-refractivity contribution in [2.75, 3.05) is 25.5 Å². The second-order valence-corrected chi connectivity index (χ2v) is 16.4. The first kappa shape index (κ1) is 47.1. The summed E-state index contributed by atoms with van der Waals surface area (Å²) in [4.78, 5) is 36.8. The molecule has 9 N–H and O–H groups in total. The molecule has 3 fully saturated rings. The lowest BCUT2D eigenvalue weighted by atomic mass is 9.99. The highest BCUT2D eigenvalue weighted by Crippen LogP contribution is 2.33. The van der Waals surface area contributed by atoms with Crippen LogP contribution in [0.25, 0.3) is 0 Å². The van der Waals surface area contributed by atoms with Gasteiger partial charge in [-0.25, -0.2) is 4.79 Å². The van der Waals surface area contributed by atoms with Crippen LogP contribution in [-0.4, -0.2) is 129 Å². The predicted molar refractivity (Wildman–Crippen MR) is 213 cm³/mol. The van der Waals surface area contributed by atoms with Crippen molar-refractivity contribution in [1.29, 1.82) is 0 Å². The van der Waals surface area contributed by atoms with Crippen molar-refractivity contribution in [3.05, 3.63) is 24.3 Å². The third-order valence-electron chi connectivity index (χ3n) is 10.5. The number of nitrogens with one attached hydrogen (secondary N) is 4. The van der Waals surface area contributed by atoms with Crippen LogP contribution >= 0.6 is 11.8 Å². The Kier molecular flexibility index (Phi) is 23.5.